The molecule has 0 saturated carbocycles. The normalized spacial score (nSPS) is 14.3. The average Bonchev–Trinajstić information content (AvgIpc) is 3.50. The molecule has 0 aliphatic heterocycles. The van der Waals surface area contributed by atoms with Crippen LogP contribution in [0.15, 0.2) is 97.1 Å². The summed E-state index contributed by atoms with van der Waals surface area (Å²) in [5, 5.41) is 35.6. The maximum absolute atomic E-state index is 12.3. The minimum Gasteiger partial charge on any atom is -0.497 e. The molecule has 2 amide bonds. The molecule has 0 bridgehead atoms. The summed E-state index contributed by atoms with van der Waals surface area (Å²) in [5.74, 6) is 1.05. The lowest BCUT2D eigenvalue weighted by atomic mass is 10.1. The summed E-state index contributed by atoms with van der Waals surface area (Å²) < 4.78 is 72.3. The molecule has 0 heterocycles. The van der Waals surface area contributed by atoms with E-state index in [0.717, 1.165) is 39.5 Å². The number of hydrogen-bond donors (Lipinski definition) is 5. The molecule has 462 valence electrons. The van der Waals surface area contributed by atoms with Crippen molar-refractivity contribution in [2.75, 3.05) is 62.0 Å². The van der Waals surface area contributed by atoms with Crippen LogP contribution in [0.4, 0.5) is 9.59 Å². The molecule has 0 aromatic heterocycles. The van der Waals surface area contributed by atoms with Gasteiger partial charge in [-0.3, -0.25) is 0 Å². The first kappa shape index (κ1) is 70.5. The number of aliphatic hydroxyl groups is 2. The van der Waals surface area contributed by atoms with Gasteiger partial charge in [0.25, 0.3) is 0 Å². The highest BCUT2D eigenvalue weighted by molar-refractivity contribution is 5.81. The van der Waals surface area contributed by atoms with E-state index >= 15 is 0 Å². The van der Waals surface area contributed by atoms with E-state index in [1.54, 1.807) is 83.8 Å². The topological polar surface area (TPSA) is 273 Å². The number of benzene rings is 4. The molecule has 4 rings (SSSR count). The number of methoxy groups -OCH3 is 5. The highest BCUT2D eigenvalue weighted by atomic mass is 16.6. The van der Waals surface area contributed by atoms with Gasteiger partial charge in [0.15, 0.2) is 0 Å². The molecule has 83 heavy (non-hydrogen) atoms. The van der Waals surface area contributed by atoms with Crippen LogP contribution in [-0.4, -0.2) is 161 Å². The van der Waals surface area contributed by atoms with Gasteiger partial charge in [-0.15, -0.1) is 0 Å². The van der Waals surface area contributed by atoms with Crippen LogP contribution in [-0.2, 0) is 78.6 Å². The summed E-state index contributed by atoms with van der Waals surface area (Å²) in [6.45, 7) is 14.5. The van der Waals surface area contributed by atoms with Crippen molar-refractivity contribution in [1.29, 1.82) is 0 Å². The Bertz CT molecular complexity index is 2460. The first-order valence-corrected chi connectivity index (χ1v) is 27.2. The molecule has 0 unspecified atom stereocenters. The van der Waals surface area contributed by atoms with Gasteiger partial charge in [0, 0.05) is 26.1 Å². The van der Waals surface area contributed by atoms with E-state index in [2.05, 4.69) is 10.6 Å². The number of esters is 1. The summed E-state index contributed by atoms with van der Waals surface area (Å²) in [6.07, 6.45) is -6.09. The van der Waals surface area contributed by atoms with Gasteiger partial charge in [0.1, 0.15) is 70.7 Å². The molecule has 4 aromatic carbocycles. The van der Waals surface area contributed by atoms with Crippen LogP contribution in [0.5, 0.6) is 23.0 Å². The predicted molar refractivity (Wildman–Crippen MR) is 306 cm³/mol. The lowest BCUT2D eigenvalue weighted by molar-refractivity contribution is -0.150. The van der Waals surface area contributed by atoms with Crippen LogP contribution < -0.4 is 29.6 Å². The minimum absolute atomic E-state index is 0.000168. The molecule has 4 aromatic rings. The standard InChI is InChI=1S/C31H45NO10.C30H43NO10/c1-21(33)28(41-19-23-10-14-25(37-6)15-11-23)27(40-18-22-8-12-24(36-5)13-9-22)20-39-17-16-26(29(34)38-7)32-30(35)42-31(2,3)4;1-20(32)27(40-18-22-9-13-24(37-6)14-10-22)26(39-17-21-7-11-23(36-5)12-8-21)19-38-16-15-25(28(33)34)31-29(35)41-30(2,3)4/h8-15,21,26-28,33H,16-20H2,1-7H3,(H,32,35);7-14,20,25-27,32H,15-19H2,1-6H3,(H,31,35)(H,33,34)/t21-,26-,27-,28-;20-,25-,26-,27-/m00/s1. The number of nitrogens with one attached hydrogen (secondary N) is 2. The number of rotatable bonds is 34. The number of carboxylic acid groups (broad SMARTS) is 1. The first-order valence-electron chi connectivity index (χ1n) is 27.2. The van der Waals surface area contributed by atoms with Gasteiger partial charge in [-0.2, -0.15) is 0 Å². The molecular weight excluding hydrogens is 1080 g/mol. The third kappa shape index (κ3) is 28.4. The number of aliphatic hydroxyl groups excluding tert-OH is 2. The Morgan fingerprint density at radius 3 is 1.01 bits per heavy atom. The van der Waals surface area contributed by atoms with Crippen molar-refractivity contribution < 1.29 is 96.1 Å². The summed E-state index contributed by atoms with van der Waals surface area (Å²) in [6, 6.07) is 27.4. The Labute approximate surface area is 488 Å². The van der Waals surface area contributed by atoms with Crippen molar-refractivity contribution in [1.82, 2.24) is 10.6 Å². The second-order valence-corrected chi connectivity index (χ2v) is 21.1. The van der Waals surface area contributed by atoms with E-state index in [0.29, 0.717) is 5.75 Å². The van der Waals surface area contributed by atoms with Crippen molar-refractivity contribution in [3.63, 3.8) is 0 Å². The van der Waals surface area contributed by atoms with Gasteiger partial charge in [0.2, 0.25) is 0 Å². The second kappa shape index (κ2) is 36.7. The molecule has 22 nitrogen and oxygen atoms in total. The summed E-state index contributed by atoms with van der Waals surface area (Å²) >= 11 is 0. The van der Waals surface area contributed by atoms with E-state index in [4.69, 9.17) is 61.6 Å². The second-order valence-electron chi connectivity index (χ2n) is 21.1. The average molecular weight is 1170 g/mol. The van der Waals surface area contributed by atoms with Gasteiger partial charge in [-0.1, -0.05) is 48.5 Å². The largest absolute Gasteiger partial charge is 0.497 e. The first-order chi connectivity index (χ1) is 39.4. The Morgan fingerprint density at radius 2 is 0.747 bits per heavy atom. The molecular formula is C61H88N2O20. The molecule has 0 fully saturated rings. The van der Waals surface area contributed by atoms with Gasteiger partial charge >= 0.3 is 24.1 Å². The fraction of sp³-hybridized carbons (Fsp3) is 0.541. The van der Waals surface area contributed by atoms with Crippen molar-refractivity contribution in [2.24, 2.45) is 0 Å². The Balaban J connectivity index is 0.000000435. The number of amides is 2. The van der Waals surface area contributed by atoms with Crippen molar-refractivity contribution in [3.05, 3.63) is 119 Å². The van der Waals surface area contributed by atoms with Gasteiger partial charge in [-0.05, 0) is 126 Å². The number of carboxylic acids is 1. The maximum Gasteiger partial charge on any atom is 0.408 e. The maximum atomic E-state index is 12.3. The zero-order valence-corrected chi connectivity index (χ0v) is 50.2. The van der Waals surface area contributed by atoms with Crippen molar-refractivity contribution in [2.45, 2.75) is 155 Å². The fourth-order valence-corrected chi connectivity index (χ4v) is 7.62. The Kier molecular flexibility index (Phi) is 31.2. The molecule has 5 N–H and O–H groups in total. The van der Waals surface area contributed by atoms with Crippen LogP contribution >= 0.6 is 0 Å². The van der Waals surface area contributed by atoms with Gasteiger partial charge in [0.05, 0.1) is 87.4 Å². The fourth-order valence-electron chi connectivity index (χ4n) is 7.62. The number of alkyl carbamates (subject to hydrolysis) is 2. The smallest absolute Gasteiger partial charge is 0.408 e. The van der Waals surface area contributed by atoms with E-state index in [1.165, 1.54) is 7.11 Å². The molecule has 0 saturated heterocycles. The molecule has 0 aliphatic carbocycles. The van der Waals surface area contributed by atoms with E-state index in [1.807, 2.05) is 97.1 Å². The highest BCUT2D eigenvalue weighted by Gasteiger charge is 2.32. The number of carbonyl (C=O) groups is 4. The predicted octanol–water partition coefficient (Wildman–Crippen LogP) is 7.97. The lowest BCUT2D eigenvalue weighted by Crippen LogP contribution is -2.45. The number of hydrogen-bond acceptors (Lipinski definition) is 19. The van der Waals surface area contributed by atoms with Crippen LogP contribution in [0, 0.1) is 0 Å². The third-order valence-electron chi connectivity index (χ3n) is 12.0. The zero-order valence-electron chi connectivity index (χ0n) is 50.2. The van der Waals surface area contributed by atoms with Crippen molar-refractivity contribution >= 4 is 24.1 Å². The van der Waals surface area contributed by atoms with Crippen LogP contribution in [0.25, 0.3) is 0 Å². The number of ether oxygens (including phenoxy) is 13. The lowest BCUT2D eigenvalue weighted by Gasteiger charge is -2.30. The molecule has 0 aliphatic rings. The highest BCUT2D eigenvalue weighted by Crippen LogP contribution is 2.22. The van der Waals surface area contributed by atoms with Crippen molar-refractivity contribution in [3.8, 4) is 23.0 Å². The van der Waals surface area contributed by atoms with E-state index in [-0.39, 0.29) is 65.7 Å². The zero-order chi connectivity index (χ0) is 61.5. The third-order valence-corrected chi connectivity index (χ3v) is 12.0. The van der Waals surface area contributed by atoms with Crippen LogP contribution in [0.1, 0.15) is 90.5 Å². The van der Waals surface area contributed by atoms with E-state index < -0.39 is 84.0 Å². The Morgan fingerprint density at radius 1 is 0.458 bits per heavy atom. The summed E-state index contributed by atoms with van der Waals surface area (Å²) in [4.78, 5) is 48.2. The van der Waals surface area contributed by atoms with Gasteiger partial charge in [-0.25, -0.2) is 19.2 Å². The number of aliphatic carboxylic acids is 1. The monoisotopic (exact) mass is 1170 g/mol. The summed E-state index contributed by atoms with van der Waals surface area (Å²) in [5.41, 5.74) is 2.06. The quantitative estimate of drug-likeness (QED) is 0.0168. The summed E-state index contributed by atoms with van der Waals surface area (Å²) in [7, 11) is 7.61. The molecule has 0 spiro atoms. The number of carbonyl (C=O) groups excluding carboxylic acids is 3. The minimum atomic E-state index is -1.21. The molecule has 8 atom stereocenters. The molecule has 22 heteroatoms. The Hall–Kier alpha value is -6.76. The van der Waals surface area contributed by atoms with Crippen LogP contribution in [0.3, 0.4) is 0 Å². The van der Waals surface area contributed by atoms with E-state index in [9.17, 15) is 34.5 Å². The molecule has 0 radical (unpaired) electrons. The van der Waals surface area contributed by atoms with Crippen LogP contribution in [0.2, 0.25) is 0 Å². The van der Waals surface area contributed by atoms with Gasteiger partial charge < -0.3 is 87.5 Å². The SMILES string of the molecule is COC(=O)[C@H](CCOC[C@H](OCc1ccc(OC)cc1)[C@@H](OCc1ccc(OC)cc1)[C@H](C)O)NC(=O)OC(C)(C)C.COc1ccc(CO[C@@H]([C@H](C)O)[C@H](COCC[C@H](NC(=O)OC(C)(C)C)C(=O)O)OCc2ccc(OC)cc2)cc1.